The lowest BCUT2D eigenvalue weighted by Gasteiger charge is -2.20. The second-order valence-corrected chi connectivity index (χ2v) is 8.07. The molecular formula is C19H24N2O3S. The fourth-order valence-corrected chi connectivity index (χ4v) is 4.16. The van der Waals surface area contributed by atoms with E-state index in [1.807, 2.05) is 31.2 Å². The monoisotopic (exact) mass is 360 g/mol. The van der Waals surface area contributed by atoms with E-state index in [2.05, 4.69) is 24.1 Å². The van der Waals surface area contributed by atoms with Gasteiger partial charge in [-0.25, -0.2) is 4.98 Å². The van der Waals surface area contributed by atoms with E-state index in [1.54, 1.807) is 13.3 Å². The van der Waals surface area contributed by atoms with Gasteiger partial charge >= 0.3 is 5.97 Å². The molecule has 25 heavy (non-hydrogen) atoms. The first-order valence-corrected chi connectivity index (χ1v) is 9.32. The van der Waals surface area contributed by atoms with Gasteiger partial charge in [0.25, 0.3) is 0 Å². The van der Waals surface area contributed by atoms with E-state index < -0.39 is 5.60 Å². The van der Waals surface area contributed by atoms with Gasteiger partial charge in [-0.1, -0.05) is 37.3 Å². The van der Waals surface area contributed by atoms with Crippen LogP contribution in [-0.2, 0) is 15.1 Å². The molecule has 1 aliphatic rings. The Balaban J connectivity index is 1.76. The average Bonchev–Trinajstić information content (AvgIpc) is 3.13. The van der Waals surface area contributed by atoms with E-state index in [1.165, 1.54) is 11.3 Å². The number of esters is 1. The lowest BCUT2D eigenvalue weighted by molar-refractivity contribution is -0.150. The number of cyclic esters (lactones) is 1. The van der Waals surface area contributed by atoms with Crippen molar-refractivity contribution in [1.82, 2.24) is 4.98 Å². The molecule has 1 N–H and O–H groups in total. The fourth-order valence-electron chi connectivity index (χ4n) is 3.24. The van der Waals surface area contributed by atoms with Crippen molar-refractivity contribution in [3.8, 4) is 5.75 Å². The second kappa shape index (κ2) is 7.04. The zero-order valence-electron chi connectivity index (χ0n) is 15.0. The van der Waals surface area contributed by atoms with Crippen molar-refractivity contribution in [2.75, 3.05) is 12.4 Å². The van der Waals surface area contributed by atoms with Crippen molar-refractivity contribution in [2.45, 2.75) is 39.2 Å². The van der Waals surface area contributed by atoms with Gasteiger partial charge in [0.2, 0.25) is 0 Å². The molecule has 2 heterocycles. The third kappa shape index (κ3) is 3.79. The molecule has 0 bridgehead atoms. The summed E-state index contributed by atoms with van der Waals surface area (Å²) in [7, 11) is 1.64. The maximum Gasteiger partial charge on any atom is 0.310 e. The first-order chi connectivity index (χ1) is 11.9. The highest BCUT2D eigenvalue weighted by atomic mass is 32.1. The molecule has 2 aromatic rings. The van der Waals surface area contributed by atoms with Crippen molar-refractivity contribution in [2.24, 2.45) is 11.8 Å². The van der Waals surface area contributed by atoms with E-state index >= 15 is 0 Å². The van der Waals surface area contributed by atoms with E-state index in [9.17, 15) is 4.79 Å². The summed E-state index contributed by atoms with van der Waals surface area (Å²) in [5.74, 6) is 1.11. The van der Waals surface area contributed by atoms with Gasteiger partial charge in [-0.05, 0) is 31.4 Å². The molecule has 2 atom stereocenters. The SMILES string of the molecule is COc1ccccc1Nc1ncc([C@]2(C)C[C@H](CC(C)C)C(=O)O2)s1. The van der Waals surface area contributed by atoms with Crippen LogP contribution in [0.15, 0.2) is 30.5 Å². The van der Waals surface area contributed by atoms with Crippen LogP contribution < -0.4 is 10.1 Å². The predicted molar refractivity (Wildman–Crippen MR) is 99.4 cm³/mol. The number of nitrogens with one attached hydrogen (secondary N) is 1. The number of nitrogens with zero attached hydrogens (tertiary/aromatic N) is 1. The molecule has 6 heteroatoms. The van der Waals surface area contributed by atoms with Crippen LogP contribution in [0.1, 0.15) is 38.5 Å². The number of carbonyl (C=O) groups is 1. The zero-order chi connectivity index (χ0) is 18.0. The highest BCUT2D eigenvalue weighted by molar-refractivity contribution is 7.15. The summed E-state index contributed by atoms with van der Waals surface area (Å²) in [6, 6.07) is 7.70. The Morgan fingerprint density at radius 3 is 2.92 bits per heavy atom. The first kappa shape index (κ1) is 17.7. The molecular weight excluding hydrogens is 336 g/mol. The van der Waals surface area contributed by atoms with Gasteiger partial charge < -0.3 is 14.8 Å². The topological polar surface area (TPSA) is 60.5 Å². The van der Waals surface area contributed by atoms with Crippen LogP contribution in [0.4, 0.5) is 10.8 Å². The minimum absolute atomic E-state index is 0.0299. The standard InChI is InChI=1S/C19H24N2O3S/c1-12(2)9-13-10-19(3,24-17(13)22)16-11-20-18(25-16)21-14-7-5-6-8-15(14)23-4/h5-8,11-13H,9-10H2,1-4H3,(H,20,21)/t13-,19-/m0/s1. The molecule has 0 amide bonds. The number of aromatic nitrogens is 1. The van der Waals surface area contributed by atoms with Gasteiger partial charge in [-0.2, -0.15) is 0 Å². The molecule has 0 unspecified atom stereocenters. The summed E-state index contributed by atoms with van der Waals surface area (Å²) in [6.07, 6.45) is 3.37. The van der Waals surface area contributed by atoms with Gasteiger partial charge in [0, 0.05) is 12.6 Å². The number of hydrogen-bond donors (Lipinski definition) is 1. The van der Waals surface area contributed by atoms with E-state index in [4.69, 9.17) is 9.47 Å². The Morgan fingerprint density at radius 2 is 2.20 bits per heavy atom. The van der Waals surface area contributed by atoms with Gasteiger partial charge in [0.05, 0.1) is 23.6 Å². The summed E-state index contributed by atoms with van der Waals surface area (Å²) >= 11 is 1.51. The number of rotatable bonds is 6. The van der Waals surface area contributed by atoms with E-state index in [-0.39, 0.29) is 11.9 Å². The van der Waals surface area contributed by atoms with Crippen molar-refractivity contribution in [3.05, 3.63) is 35.3 Å². The van der Waals surface area contributed by atoms with Gasteiger partial charge in [-0.15, -0.1) is 0 Å². The van der Waals surface area contributed by atoms with E-state index in [0.29, 0.717) is 12.3 Å². The quantitative estimate of drug-likeness (QED) is 0.755. The number of ether oxygens (including phenoxy) is 2. The number of anilines is 2. The van der Waals surface area contributed by atoms with Crippen LogP contribution in [0.5, 0.6) is 5.75 Å². The molecule has 1 aromatic carbocycles. The zero-order valence-corrected chi connectivity index (χ0v) is 15.9. The maximum atomic E-state index is 12.2. The van der Waals surface area contributed by atoms with Crippen molar-refractivity contribution in [3.63, 3.8) is 0 Å². The molecule has 3 rings (SSSR count). The lowest BCUT2D eigenvalue weighted by atomic mass is 9.89. The van der Waals surface area contributed by atoms with Crippen LogP contribution in [0, 0.1) is 11.8 Å². The Hall–Kier alpha value is -2.08. The number of carbonyl (C=O) groups excluding carboxylic acids is 1. The highest BCUT2D eigenvalue weighted by Gasteiger charge is 2.45. The predicted octanol–water partition coefficient (Wildman–Crippen LogP) is 4.72. The van der Waals surface area contributed by atoms with Gasteiger partial charge in [0.15, 0.2) is 5.13 Å². The number of hydrogen-bond acceptors (Lipinski definition) is 6. The molecule has 0 saturated carbocycles. The summed E-state index contributed by atoms with van der Waals surface area (Å²) in [6.45, 7) is 6.24. The number of methoxy groups -OCH3 is 1. The average molecular weight is 360 g/mol. The third-order valence-corrected chi connectivity index (χ3v) is 5.58. The minimum atomic E-state index is -0.588. The summed E-state index contributed by atoms with van der Waals surface area (Å²) in [4.78, 5) is 17.6. The Labute approximate surface area is 152 Å². The highest BCUT2D eigenvalue weighted by Crippen LogP contribution is 2.44. The fraction of sp³-hybridized carbons (Fsp3) is 0.474. The number of para-hydroxylation sites is 2. The largest absolute Gasteiger partial charge is 0.495 e. The smallest absolute Gasteiger partial charge is 0.310 e. The van der Waals surface area contributed by atoms with E-state index in [0.717, 1.165) is 27.9 Å². The number of thiazole rings is 1. The lowest BCUT2D eigenvalue weighted by Crippen LogP contribution is -2.19. The van der Waals surface area contributed by atoms with Gasteiger partial charge in [-0.3, -0.25) is 4.79 Å². The second-order valence-electron chi connectivity index (χ2n) is 7.04. The molecule has 0 radical (unpaired) electrons. The van der Waals surface area contributed by atoms with Crippen molar-refractivity contribution >= 4 is 28.1 Å². The molecule has 1 saturated heterocycles. The summed E-state index contributed by atoms with van der Waals surface area (Å²) in [5.41, 5.74) is 0.270. The molecule has 1 aromatic heterocycles. The van der Waals surface area contributed by atoms with Crippen LogP contribution in [-0.4, -0.2) is 18.1 Å². The summed E-state index contributed by atoms with van der Waals surface area (Å²) in [5, 5.41) is 4.03. The Morgan fingerprint density at radius 1 is 1.44 bits per heavy atom. The molecule has 1 fully saturated rings. The molecule has 0 spiro atoms. The maximum absolute atomic E-state index is 12.2. The minimum Gasteiger partial charge on any atom is -0.495 e. The number of benzene rings is 1. The van der Waals surface area contributed by atoms with Crippen LogP contribution >= 0.6 is 11.3 Å². The van der Waals surface area contributed by atoms with Crippen LogP contribution in [0.25, 0.3) is 0 Å². The molecule has 1 aliphatic heterocycles. The molecule has 5 nitrogen and oxygen atoms in total. The first-order valence-electron chi connectivity index (χ1n) is 8.50. The molecule has 134 valence electrons. The normalized spacial score (nSPS) is 22.9. The van der Waals surface area contributed by atoms with Gasteiger partial charge in [0.1, 0.15) is 11.4 Å². The molecule has 0 aliphatic carbocycles. The van der Waals surface area contributed by atoms with Crippen LogP contribution in [0.2, 0.25) is 0 Å². The summed E-state index contributed by atoms with van der Waals surface area (Å²) < 4.78 is 11.1. The van der Waals surface area contributed by atoms with Crippen LogP contribution in [0.3, 0.4) is 0 Å². The Kier molecular flexibility index (Phi) is 4.99. The van der Waals surface area contributed by atoms with Crippen molar-refractivity contribution in [1.29, 1.82) is 0 Å². The third-order valence-electron chi connectivity index (χ3n) is 4.43. The Bertz CT molecular complexity index is 759. The van der Waals surface area contributed by atoms with Crippen molar-refractivity contribution < 1.29 is 14.3 Å².